The second-order valence-corrected chi connectivity index (χ2v) is 8.90. The summed E-state index contributed by atoms with van der Waals surface area (Å²) in [5.74, 6) is 0.924. The van der Waals surface area contributed by atoms with Crippen LogP contribution in [0.15, 0.2) is 48.7 Å². The first kappa shape index (κ1) is 20.1. The Balaban J connectivity index is 1.50. The van der Waals surface area contributed by atoms with Gasteiger partial charge < -0.3 is 10.1 Å². The molecule has 0 saturated carbocycles. The first-order valence-corrected chi connectivity index (χ1v) is 10.4. The Kier molecular flexibility index (Phi) is 5.57. The zero-order valence-electron chi connectivity index (χ0n) is 17.7. The highest BCUT2D eigenvalue weighted by molar-refractivity contribution is 6.04. The molecule has 1 aromatic carbocycles. The van der Waals surface area contributed by atoms with E-state index in [9.17, 15) is 4.79 Å². The fourth-order valence-corrected chi connectivity index (χ4v) is 3.93. The first-order valence-electron chi connectivity index (χ1n) is 10.4. The van der Waals surface area contributed by atoms with Gasteiger partial charge in [0.05, 0.1) is 11.4 Å². The number of hydrogen-bond donors (Lipinski definition) is 2. The second kappa shape index (κ2) is 8.30. The summed E-state index contributed by atoms with van der Waals surface area (Å²) in [7, 11) is 0. The van der Waals surface area contributed by atoms with E-state index in [1.165, 1.54) is 0 Å². The number of fused-ring (bicyclic) bond motifs is 1. The molecule has 2 aromatic heterocycles. The van der Waals surface area contributed by atoms with E-state index < -0.39 is 0 Å². The van der Waals surface area contributed by atoms with E-state index in [1.54, 1.807) is 6.20 Å². The summed E-state index contributed by atoms with van der Waals surface area (Å²) in [5, 5.41) is 10.4. The molecule has 1 amide bonds. The number of anilines is 1. The first-order chi connectivity index (χ1) is 14.4. The lowest BCUT2D eigenvalue weighted by Gasteiger charge is -2.33. The maximum Gasteiger partial charge on any atom is 0.276 e. The highest BCUT2D eigenvalue weighted by Gasteiger charge is 2.32. The van der Waals surface area contributed by atoms with Crippen molar-refractivity contribution in [3.63, 3.8) is 0 Å². The van der Waals surface area contributed by atoms with Crippen LogP contribution in [0.5, 0.6) is 5.75 Å². The molecular formula is C24H28N4O2. The zero-order valence-corrected chi connectivity index (χ0v) is 17.7. The van der Waals surface area contributed by atoms with Crippen molar-refractivity contribution in [3.8, 4) is 5.75 Å². The molecular weight excluding hydrogens is 376 g/mol. The Morgan fingerprint density at radius 1 is 1.20 bits per heavy atom. The van der Waals surface area contributed by atoms with E-state index in [0.29, 0.717) is 29.7 Å². The molecule has 4 rings (SSSR count). The molecule has 1 atom stereocenters. The summed E-state index contributed by atoms with van der Waals surface area (Å²) in [6.07, 6.45) is 4.65. The lowest BCUT2D eigenvalue weighted by Crippen LogP contribution is -2.28. The molecule has 6 nitrogen and oxygen atoms in total. The maximum atomic E-state index is 13.1. The van der Waals surface area contributed by atoms with Crippen molar-refractivity contribution in [3.05, 3.63) is 71.3 Å². The van der Waals surface area contributed by atoms with Gasteiger partial charge in [-0.3, -0.25) is 14.9 Å². The average molecular weight is 405 g/mol. The minimum Gasteiger partial charge on any atom is -0.485 e. The standard InChI is InChI=1S/C24H28N4O2/c1-24(2,3)16-11-12-19-18(14-16)22(28-27-19)23(29)26-20-9-4-5-10-21(20)30-15-17-8-6-7-13-25-17/h4-10,13,16H,11-12,14-15H2,1-3H3,(H,26,29)(H,27,28)/t16-/m0/s1. The molecule has 0 saturated heterocycles. The Bertz CT molecular complexity index is 1020. The van der Waals surface area contributed by atoms with E-state index in [2.05, 4.69) is 41.3 Å². The number of nitrogens with zero attached hydrogens (tertiary/aromatic N) is 2. The van der Waals surface area contributed by atoms with E-state index >= 15 is 0 Å². The molecule has 0 aliphatic heterocycles. The van der Waals surface area contributed by atoms with Crippen molar-refractivity contribution in [2.24, 2.45) is 11.3 Å². The number of benzene rings is 1. The summed E-state index contributed by atoms with van der Waals surface area (Å²) >= 11 is 0. The van der Waals surface area contributed by atoms with E-state index in [4.69, 9.17) is 4.74 Å². The van der Waals surface area contributed by atoms with Gasteiger partial charge in [0.25, 0.3) is 5.91 Å². The van der Waals surface area contributed by atoms with Crippen LogP contribution in [0.25, 0.3) is 0 Å². The van der Waals surface area contributed by atoms with Crippen molar-refractivity contribution in [2.45, 2.75) is 46.6 Å². The molecule has 6 heteroatoms. The van der Waals surface area contributed by atoms with Crippen molar-refractivity contribution in [1.82, 2.24) is 15.2 Å². The lowest BCUT2D eigenvalue weighted by atomic mass is 9.71. The summed E-state index contributed by atoms with van der Waals surface area (Å²) in [6.45, 7) is 7.12. The van der Waals surface area contributed by atoms with Gasteiger partial charge in [-0.05, 0) is 54.9 Å². The molecule has 30 heavy (non-hydrogen) atoms. The minimum absolute atomic E-state index is 0.203. The number of carbonyl (C=O) groups is 1. The second-order valence-electron chi connectivity index (χ2n) is 8.90. The third-order valence-electron chi connectivity index (χ3n) is 5.82. The highest BCUT2D eigenvalue weighted by atomic mass is 16.5. The summed E-state index contributed by atoms with van der Waals surface area (Å²) < 4.78 is 5.91. The van der Waals surface area contributed by atoms with Crippen LogP contribution < -0.4 is 10.1 Å². The molecule has 0 fully saturated rings. The summed E-state index contributed by atoms with van der Waals surface area (Å²) in [6, 6.07) is 13.1. The molecule has 0 bridgehead atoms. The van der Waals surface area contributed by atoms with E-state index in [-0.39, 0.29) is 11.3 Å². The predicted octanol–water partition coefficient (Wildman–Crippen LogP) is 4.79. The fourth-order valence-electron chi connectivity index (χ4n) is 3.93. The quantitative estimate of drug-likeness (QED) is 0.641. The monoisotopic (exact) mass is 404 g/mol. The van der Waals surface area contributed by atoms with Crippen molar-refractivity contribution < 1.29 is 9.53 Å². The third kappa shape index (κ3) is 4.37. The van der Waals surface area contributed by atoms with Crippen LogP contribution in [-0.2, 0) is 19.4 Å². The number of rotatable bonds is 5. The number of aromatic amines is 1. The number of para-hydroxylation sites is 2. The Morgan fingerprint density at radius 2 is 2.00 bits per heavy atom. The lowest BCUT2D eigenvalue weighted by molar-refractivity contribution is 0.101. The molecule has 3 aromatic rings. The van der Waals surface area contributed by atoms with Crippen LogP contribution >= 0.6 is 0 Å². The average Bonchev–Trinajstić information content (AvgIpc) is 3.17. The number of H-pyrrole nitrogens is 1. The van der Waals surface area contributed by atoms with Crippen molar-refractivity contribution in [2.75, 3.05) is 5.32 Å². The molecule has 1 aliphatic rings. The molecule has 2 N–H and O–H groups in total. The maximum absolute atomic E-state index is 13.1. The minimum atomic E-state index is -0.212. The van der Waals surface area contributed by atoms with Gasteiger partial charge in [0, 0.05) is 17.5 Å². The molecule has 156 valence electrons. The SMILES string of the molecule is CC(C)(C)[C@H]1CCc2[nH]nc(C(=O)Nc3ccccc3OCc3ccccn3)c2C1. The van der Waals surface area contributed by atoms with Crippen LogP contribution in [0.3, 0.4) is 0 Å². The topological polar surface area (TPSA) is 79.9 Å². The molecule has 1 aliphatic carbocycles. The fraction of sp³-hybridized carbons (Fsp3) is 0.375. The van der Waals surface area contributed by atoms with Gasteiger partial charge in [-0.1, -0.05) is 39.0 Å². The Morgan fingerprint density at radius 3 is 2.77 bits per heavy atom. The number of ether oxygens (including phenoxy) is 1. The Labute approximate surface area is 177 Å². The van der Waals surface area contributed by atoms with Gasteiger partial charge >= 0.3 is 0 Å². The van der Waals surface area contributed by atoms with Crippen LogP contribution in [0, 0.1) is 11.3 Å². The van der Waals surface area contributed by atoms with Crippen LogP contribution in [0.4, 0.5) is 5.69 Å². The number of carbonyl (C=O) groups excluding carboxylic acids is 1. The van der Waals surface area contributed by atoms with Gasteiger partial charge in [0.2, 0.25) is 0 Å². The number of amides is 1. The van der Waals surface area contributed by atoms with E-state index in [0.717, 1.165) is 36.2 Å². The molecule has 0 radical (unpaired) electrons. The molecule has 2 heterocycles. The van der Waals surface area contributed by atoms with Crippen molar-refractivity contribution in [1.29, 1.82) is 0 Å². The zero-order chi connectivity index (χ0) is 21.1. The molecule has 0 unspecified atom stereocenters. The third-order valence-corrected chi connectivity index (χ3v) is 5.82. The van der Waals surface area contributed by atoms with Gasteiger partial charge in [-0.25, -0.2) is 0 Å². The van der Waals surface area contributed by atoms with Crippen molar-refractivity contribution >= 4 is 11.6 Å². The normalized spacial score (nSPS) is 16.0. The Hall–Kier alpha value is -3.15. The van der Waals surface area contributed by atoms with Gasteiger partial charge in [-0.2, -0.15) is 5.10 Å². The summed E-state index contributed by atoms with van der Waals surface area (Å²) in [4.78, 5) is 17.3. The van der Waals surface area contributed by atoms with Crippen LogP contribution in [-0.4, -0.2) is 21.1 Å². The predicted molar refractivity (Wildman–Crippen MR) is 117 cm³/mol. The summed E-state index contributed by atoms with van der Waals surface area (Å²) in [5.41, 5.74) is 4.27. The number of pyridine rings is 1. The van der Waals surface area contributed by atoms with Gasteiger partial charge in [0.15, 0.2) is 5.69 Å². The van der Waals surface area contributed by atoms with Gasteiger partial charge in [-0.15, -0.1) is 0 Å². The number of aromatic nitrogens is 3. The van der Waals surface area contributed by atoms with Crippen LogP contribution in [0.1, 0.15) is 54.6 Å². The number of hydrogen-bond acceptors (Lipinski definition) is 4. The smallest absolute Gasteiger partial charge is 0.276 e. The van der Waals surface area contributed by atoms with Gasteiger partial charge in [0.1, 0.15) is 12.4 Å². The van der Waals surface area contributed by atoms with E-state index in [1.807, 2.05) is 42.5 Å². The molecule has 0 spiro atoms. The number of aryl methyl sites for hydroxylation is 1. The number of nitrogens with one attached hydrogen (secondary N) is 2. The largest absolute Gasteiger partial charge is 0.485 e. The van der Waals surface area contributed by atoms with Crippen LogP contribution in [0.2, 0.25) is 0 Å². The highest BCUT2D eigenvalue weighted by Crippen LogP contribution is 2.38.